The normalized spacial score (nSPS) is 26.7. The summed E-state index contributed by atoms with van der Waals surface area (Å²) in [6.07, 6.45) is 8.32. The molecule has 2 aromatic heterocycles. The molecule has 0 aromatic carbocycles. The highest BCUT2D eigenvalue weighted by Gasteiger charge is 2.48. The summed E-state index contributed by atoms with van der Waals surface area (Å²) in [7, 11) is 0. The molecule has 3 fully saturated rings. The Hall–Kier alpha value is -2.44. The van der Waals surface area contributed by atoms with Crippen LogP contribution in [0.3, 0.4) is 0 Å². The number of likely N-dealkylation sites (tertiary alicyclic amines) is 1. The van der Waals surface area contributed by atoms with Gasteiger partial charge in [0.05, 0.1) is 16.6 Å². The van der Waals surface area contributed by atoms with Crippen LogP contribution in [0.2, 0.25) is 0 Å². The molecule has 0 spiro atoms. The Morgan fingerprint density at radius 3 is 2.76 bits per heavy atom. The number of aromatic nitrogens is 2. The molecule has 1 amide bonds. The molecule has 7 heteroatoms. The van der Waals surface area contributed by atoms with Crippen molar-refractivity contribution in [3.63, 3.8) is 0 Å². The number of hydrogen-bond acceptors (Lipinski definition) is 5. The zero-order valence-electron chi connectivity index (χ0n) is 16.8. The number of aryl methyl sites for hydroxylation is 1. The first-order valence-electron chi connectivity index (χ1n) is 10.9. The Labute approximate surface area is 169 Å². The number of carboxylic acids is 1. The Bertz CT molecular complexity index is 964. The van der Waals surface area contributed by atoms with Gasteiger partial charge in [0, 0.05) is 17.7 Å². The van der Waals surface area contributed by atoms with E-state index in [1.54, 1.807) is 4.90 Å². The molecule has 2 aliphatic carbocycles. The van der Waals surface area contributed by atoms with Crippen molar-refractivity contribution in [1.29, 1.82) is 0 Å². The van der Waals surface area contributed by atoms with Gasteiger partial charge in [0.25, 0.3) is 11.6 Å². The predicted molar refractivity (Wildman–Crippen MR) is 106 cm³/mol. The molecule has 1 saturated heterocycles. The first-order valence-corrected chi connectivity index (χ1v) is 10.9. The second-order valence-corrected chi connectivity index (χ2v) is 8.84. The van der Waals surface area contributed by atoms with Crippen LogP contribution in [0.25, 0.3) is 11.1 Å². The van der Waals surface area contributed by atoms with Crippen molar-refractivity contribution in [2.45, 2.75) is 82.7 Å². The number of carbonyl (C=O) groups excluding carboxylic acids is 1. The predicted octanol–water partition coefficient (Wildman–Crippen LogP) is 3.91. The van der Waals surface area contributed by atoms with E-state index < -0.39 is 12.0 Å². The third-order valence-corrected chi connectivity index (χ3v) is 6.86. The molecule has 3 unspecified atom stereocenters. The smallest absolute Gasteiger partial charge is 0.326 e. The fourth-order valence-electron chi connectivity index (χ4n) is 5.31. The van der Waals surface area contributed by atoms with E-state index in [0.717, 1.165) is 56.3 Å². The van der Waals surface area contributed by atoms with Crippen molar-refractivity contribution in [2.75, 3.05) is 0 Å². The number of carboxylic acid groups (broad SMARTS) is 1. The second kappa shape index (κ2) is 7.11. The summed E-state index contributed by atoms with van der Waals surface area (Å²) in [5.74, 6) is -0.449. The molecule has 1 N–H and O–H groups in total. The van der Waals surface area contributed by atoms with Crippen LogP contribution < -0.4 is 0 Å². The van der Waals surface area contributed by atoms with Crippen LogP contribution in [0.5, 0.6) is 0 Å². The Morgan fingerprint density at radius 1 is 1.24 bits per heavy atom. The average Bonchev–Trinajstić information content (AvgIpc) is 3.38. The molecule has 1 aliphatic heterocycles. The fraction of sp³-hybridized carbons (Fsp3) is 0.636. The number of carbonyl (C=O) groups is 2. The number of amides is 1. The summed E-state index contributed by atoms with van der Waals surface area (Å²) in [6, 6.07) is 1.14. The number of aliphatic carboxylic acids is 1. The molecule has 3 aliphatic rings. The van der Waals surface area contributed by atoms with Gasteiger partial charge >= 0.3 is 5.97 Å². The first kappa shape index (κ1) is 18.6. The minimum absolute atomic E-state index is 0.0134. The van der Waals surface area contributed by atoms with E-state index in [1.165, 1.54) is 0 Å². The molecule has 2 saturated carbocycles. The number of pyridine rings is 1. The summed E-state index contributed by atoms with van der Waals surface area (Å²) in [5, 5.41) is 14.7. The van der Waals surface area contributed by atoms with Crippen LogP contribution >= 0.6 is 0 Å². The van der Waals surface area contributed by atoms with Crippen LogP contribution in [0.15, 0.2) is 10.6 Å². The average molecular weight is 397 g/mol. The summed E-state index contributed by atoms with van der Waals surface area (Å²) in [6.45, 7) is 2.06. The second-order valence-electron chi connectivity index (χ2n) is 8.84. The highest BCUT2D eigenvalue weighted by atomic mass is 16.5. The first-order chi connectivity index (χ1) is 14.1. The summed E-state index contributed by atoms with van der Waals surface area (Å²) in [5.41, 5.74) is 2.55. The topological polar surface area (TPSA) is 96.5 Å². The minimum Gasteiger partial charge on any atom is -0.480 e. The van der Waals surface area contributed by atoms with Crippen molar-refractivity contribution < 1.29 is 19.2 Å². The Morgan fingerprint density at radius 2 is 2.03 bits per heavy atom. The molecule has 154 valence electrons. The molecule has 0 bridgehead atoms. The number of hydrogen-bond donors (Lipinski definition) is 1. The molecule has 7 nitrogen and oxygen atoms in total. The van der Waals surface area contributed by atoms with Crippen LogP contribution in [0.4, 0.5) is 0 Å². The molecule has 5 rings (SSSR count). The molecule has 2 aromatic rings. The molecule has 0 radical (unpaired) electrons. The molecule has 3 heterocycles. The van der Waals surface area contributed by atoms with Gasteiger partial charge in [0.15, 0.2) is 0 Å². The maximum Gasteiger partial charge on any atom is 0.326 e. The van der Waals surface area contributed by atoms with Crippen molar-refractivity contribution in [3.05, 3.63) is 23.0 Å². The van der Waals surface area contributed by atoms with Crippen LogP contribution in [-0.4, -0.2) is 44.1 Å². The van der Waals surface area contributed by atoms with Gasteiger partial charge in [-0.1, -0.05) is 31.3 Å². The van der Waals surface area contributed by atoms with Crippen molar-refractivity contribution >= 4 is 23.0 Å². The van der Waals surface area contributed by atoms with E-state index in [2.05, 4.69) is 17.1 Å². The maximum absolute atomic E-state index is 13.8. The van der Waals surface area contributed by atoms with Gasteiger partial charge in [-0.2, -0.15) is 0 Å². The zero-order valence-corrected chi connectivity index (χ0v) is 16.8. The lowest BCUT2D eigenvalue weighted by atomic mass is 9.84. The standard InChI is InChI=1S/C22H27N3O4/c1-2-5-15-19-14(11-16(12-8-9-12)23-20(19)29-24-15)21(26)25-17-7-4-3-6-13(17)10-18(25)22(27)28/h11-13,17-18H,2-10H2,1H3,(H,27,28). The monoisotopic (exact) mass is 397 g/mol. The lowest BCUT2D eigenvalue weighted by Gasteiger charge is -2.33. The summed E-state index contributed by atoms with van der Waals surface area (Å²) in [4.78, 5) is 32.2. The van der Waals surface area contributed by atoms with E-state index in [4.69, 9.17) is 4.52 Å². The SMILES string of the molecule is CCCc1noc2nc(C3CC3)cc(C(=O)N3C(C(=O)O)CC4CCCCC43)c12. The quantitative estimate of drug-likeness (QED) is 0.822. The third kappa shape index (κ3) is 3.11. The lowest BCUT2D eigenvalue weighted by molar-refractivity contribution is -0.141. The van der Waals surface area contributed by atoms with Gasteiger partial charge in [-0.15, -0.1) is 0 Å². The Balaban J connectivity index is 1.62. The third-order valence-electron chi connectivity index (χ3n) is 6.86. The summed E-state index contributed by atoms with van der Waals surface area (Å²) < 4.78 is 5.51. The number of nitrogens with zero attached hydrogens (tertiary/aromatic N) is 3. The van der Waals surface area contributed by atoms with Crippen LogP contribution in [0.1, 0.15) is 86.0 Å². The number of fused-ring (bicyclic) bond motifs is 2. The van der Waals surface area contributed by atoms with Crippen molar-refractivity contribution in [1.82, 2.24) is 15.0 Å². The highest BCUT2D eigenvalue weighted by Crippen LogP contribution is 2.43. The van der Waals surface area contributed by atoms with Crippen molar-refractivity contribution in [2.24, 2.45) is 5.92 Å². The van der Waals surface area contributed by atoms with E-state index >= 15 is 0 Å². The fourth-order valence-corrected chi connectivity index (χ4v) is 5.31. The van der Waals surface area contributed by atoms with E-state index in [1.807, 2.05) is 6.07 Å². The van der Waals surface area contributed by atoms with E-state index in [9.17, 15) is 14.7 Å². The van der Waals surface area contributed by atoms with E-state index in [0.29, 0.717) is 35.4 Å². The van der Waals surface area contributed by atoms with Crippen LogP contribution in [-0.2, 0) is 11.2 Å². The largest absolute Gasteiger partial charge is 0.480 e. The molecular formula is C22H27N3O4. The van der Waals surface area contributed by atoms with Gasteiger partial charge < -0.3 is 14.5 Å². The van der Waals surface area contributed by atoms with Crippen LogP contribution in [0, 0.1) is 5.92 Å². The highest BCUT2D eigenvalue weighted by molar-refractivity contribution is 6.07. The van der Waals surface area contributed by atoms with Gasteiger partial charge in [-0.25, -0.2) is 9.78 Å². The van der Waals surface area contributed by atoms with E-state index in [-0.39, 0.29) is 17.9 Å². The number of rotatable bonds is 5. The van der Waals surface area contributed by atoms with Gasteiger partial charge in [0.2, 0.25) is 0 Å². The molecule has 3 atom stereocenters. The molecular weight excluding hydrogens is 370 g/mol. The minimum atomic E-state index is -0.903. The van der Waals surface area contributed by atoms with Gasteiger partial charge in [-0.05, 0) is 50.5 Å². The summed E-state index contributed by atoms with van der Waals surface area (Å²) >= 11 is 0. The maximum atomic E-state index is 13.8. The Kier molecular flexibility index (Phi) is 4.56. The van der Waals surface area contributed by atoms with Crippen molar-refractivity contribution in [3.8, 4) is 0 Å². The van der Waals surface area contributed by atoms with Gasteiger partial charge in [0.1, 0.15) is 6.04 Å². The van der Waals surface area contributed by atoms with Gasteiger partial charge in [-0.3, -0.25) is 4.79 Å². The zero-order chi connectivity index (χ0) is 20.1. The lowest BCUT2D eigenvalue weighted by Crippen LogP contribution is -2.46. The molecule has 29 heavy (non-hydrogen) atoms.